The summed E-state index contributed by atoms with van der Waals surface area (Å²) in [6.07, 6.45) is 4.92. The Morgan fingerprint density at radius 1 is 1.32 bits per heavy atom. The highest BCUT2D eigenvalue weighted by atomic mass is 32.1. The zero-order chi connectivity index (χ0) is 13.2. The lowest BCUT2D eigenvalue weighted by Crippen LogP contribution is -2.14. The van der Waals surface area contributed by atoms with Gasteiger partial charge in [-0.2, -0.15) is 0 Å². The van der Waals surface area contributed by atoms with Gasteiger partial charge in [0.15, 0.2) is 0 Å². The van der Waals surface area contributed by atoms with Crippen LogP contribution in [0.15, 0.2) is 29.6 Å². The van der Waals surface area contributed by atoms with Gasteiger partial charge in [-0.25, -0.2) is 4.98 Å². The van der Waals surface area contributed by atoms with E-state index >= 15 is 0 Å². The van der Waals surface area contributed by atoms with Gasteiger partial charge in [0, 0.05) is 23.5 Å². The van der Waals surface area contributed by atoms with Crippen molar-refractivity contribution in [3.8, 4) is 0 Å². The van der Waals surface area contributed by atoms with Crippen LogP contribution in [0.1, 0.15) is 53.1 Å². The van der Waals surface area contributed by atoms with E-state index in [0.29, 0.717) is 0 Å². The molecule has 0 amide bonds. The molecule has 1 saturated carbocycles. The fraction of sp³-hybridized carbons (Fsp3) is 0.438. The maximum atomic E-state index is 6.28. The van der Waals surface area contributed by atoms with Gasteiger partial charge in [-0.3, -0.25) is 0 Å². The first-order valence-corrected chi connectivity index (χ1v) is 7.87. The van der Waals surface area contributed by atoms with Crippen molar-refractivity contribution in [2.45, 2.75) is 44.6 Å². The van der Waals surface area contributed by atoms with Gasteiger partial charge >= 0.3 is 0 Å². The third-order valence-corrected chi connectivity index (χ3v) is 4.99. The zero-order valence-corrected chi connectivity index (χ0v) is 12.1. The second-order valence-electron chi connectivity index (χ2n) is 5.49. The molecule has 1 fully saturated rings. The summed E-state index contributed by atoms with van der Waals surface area (Å²) >= 11 is 1.70. The Hall–Kier alpha value is -1.19. The number of nitrogens with two attached hydrogens (primary N) is 1. The first kappa shape index (κ1) is 12.8. The molecule has 1 aromatic carbocycles. The molecule has 0 radical (unpaired) electrons. The summed E-state index contributed by atoms with van der Waals surface area (Å²) in [6.45, 7) is 2.03. The number of nitrogens with zero attached hydrogens (tertiary/aromatic N) is 1. The number of rotatable bonds is 4. The van der Waals surface area contributed by atoms with Crippen LogP contribution in [-0.4, -0.2) is 4.98 Å². The molecule has 0 saturated heterocycles. The van der Waals surface area contributed by atoms with Crippen molar-refractivity contribution in [2.75, 3.05) is 0 Å². The van der Waals surface area contributed by atoms with E-state index in [1.807, 2.05) is 6.92 Å². The van der Waals surface area contributed by atoms with Crippen LogP contribution in [0.2, 0.25) is 0 Å². The topological polar surface area (TPSA) is 38.9 Å². The maximum absolute atomic E-state index is 6.28. The molecule has 100 valence electrons. The summed E-state index contributed by atoms with van der Waals surface area (Å²) in [6, 6.07) is 8.96. The molecule has 1 aliphatic carbocycles. The van der Waals surface area contributed by atoms with Crippen molar-refractivity contribution in [2.24, 2.45) is 5.73 Å². The van der Waals surface area contributed by atoms with E-state index in [1.165, 1.54) is 30.4 Å². The first-order valence-electron chi connectivity index (χ1n) is 6.99. The minimum atomic E-state index is 0.0565. The lowest BCUT2D eigenvalue weighted by molar-refractivity contribution is 0.419. The van der Waals surface area contributed by atoms with Crippen LogP contribution < -0.4 is 5.73 Å². The van der Waals surface area contributed by atoms with E-state index in [4.69, 9.17) is 5.73 Å². The summed E-state index contributed by atoms with van der Waals surface area (Å²) in [5, 5.41) is 3.22. The van der Waals surface area contributed by atoms with Crippen LogP contribution in [-0.2, 0) is 6.42 Å². The minimum absolute atomic E-state index is 0.0565. The van der Waals surface area contributed by atoms with Gasteiger partial charge in [0.2, 0.25) is 0 Å². The highest BCUT2D eigenvalue weighted by Crippen LogP contribution is 2.36. The molecule has 1 aromatic heterocycles. The molecule has 3 heteroatoms. The summed E-state index contributed by atoms with van der Waals surface area (Å²) in [5.41, 5.74) is 10.1. The first-order chi connectivity index (χ1) is 9.22. The molecule has 2 N–H and O–H groups in total. The highest BCUT2D eigenvalue weighted by molar-refractivity contribution is 7.09. The van der Waals surface area contributed by atoms with E-state index in [2.05, 4.69) is 34.6 Å². The molecular weight excluding hydrogens is 252 g/mol. The van der Waals surface area contributed by atoms with Crippen LogP contribution in [0, 0.1) is 6.92 Å². The third-order valence-electron chi connectivity index (χ3n) is 4.00. The van der Waals surface area contributed by atoms with Crippen molar-refractivity contribution < 1.29 is 0 Å². The lowest BCUT2D eigenvalue weighted by atomic mass is 9.80. The Bertz CT molecular complexity index is 540. The van der Waals surface area contributed by atoms with E-state index in [1.54, 1.807) is 11.3 Å². The summed E-state index contributed by atoms with van der Waals surface area (Å²) in [4.78, 5) is 4.48. The smallest absolute Gasteiger partial charge is 0.0947 e. The second-order valence-corrected chi connectivity index (χ2v) is 6.43. The van der Waals surface area contributed by atoms with Gasteiger partial charge in [-0.05, 0) is 36.8 Å². The van der Waals surface area contributed by atoms with Gasteiger partial charge in [0.25, 0.3) is 0 Å². The molecule has 1 atom stereocenters. The monoisotopic (exact) mass is 272 g/mol. The average molecular weight is 272 g/mol. The molecule has 1 aliphatic rings. The molecule has 2 aromatic rings. The van der Waals surface area contributed by atoms with Gasteiger partial charge in [-0.15, -0.1) is 11.3 Å². The molecule has 1 unspecified atom stereocenters. The molecule has 3 rings (SSSR count). The molecule has 1 heterocycles. The summed E-state index contributed by atoms with van der Waals surface area (Å²) in [5.74, 6) is 0.798. The van der Waals surface area contributed by atoms with Crippen LogP contribution >= 0.6 is 11.3 Å². The molecular formula is C16H20N2S. The van der Waals surface area contributed by atoms with Gasteiger partial charge in [0.05, 0.1) is 5.01 Å². The van der Waals surface area contributed by atoms with Gasteiger partial charge in [0.1, 0.15) is 0 Å². The number of hydrogen-bond donors (Lipinski definition) is 1. The van der Waals surface area contributed by atoms with E-state index in [0.717, 1.165) is 23.0 Å². The molecule has 0 spiro atoms. The predicted molar refractivity (Wildman–Crippen MR) is 80.5 cm³/mol. The summed E-state index contributed by atoms with van der Waals surface area (Å²) in [7, 11) is 0. The number of aryl methyl sites for hydroxylation is 1. The average Bonchev–Trinajstić information content (AvgIpc) is 2.73. The van der Waals surface area contributed by atoms with Crippen molar-refractivity contribution in [1.82, 2.24) is 4.98 Å². The Morgan fingerprint density at radius 2 is 2.05 bits per heavy atom. The Balaban J connectivity index is 1.67. The quantitative estimate of drug-likeness (QED) is 0.915. The lowest BCUT2D eigenvalue weighted by Gasteiger charge is -2.26. The Labute approximate surface area is 118 Å². The van der Waals surface area contributed by atoms with Crippen LogP contribution in [0.25, 0.3) is 0 Å². The van der Waals surface area contributed by atoms with E-state index in [9.17, 15) is 0 Å². The molecule has 19 heavy (non-hydrogen) atoms. The number of aromatic nitrogens is 1. The normalized spacial score (nSPS) is 17.2. The maximum Gasteiger partial charge on any atom is 0.0947 e. The van der Waals surface area contributed by atoms with Crippen LogP contribution in [0.4, 0.5) is 0 Å². The largest absolute Gasteiger partial charge is 0.324 e. The molecule has 0 bridgehead atoms. The zero-order valence-electron chi connectivity index (χ0n) is 11.3. The van der Waals surface area contributed by atoms with E-state index < -0.39 is 0 Å². The van der Waals surface area contributed by atoms with E-state index in [-0.39, 0.29) is 6.04 Å². The Kier molecular flexibility index (Phi) is 3.67. The van der Waals surface area contributed by atoms with Crippen LogP contribution in [0.3, 0.4) is 0 Å². The Morgan fingerprint density at radius 3 is 2.58 bits per heavy atom. The fourth-order valence-corrected chi connectivity index (χ4v) is 3.39. The SMILES string of the molecule is Cc1csc(CC(N)c2ccc(C3CCC3)cc2)n1. The third kappa shape index (κ3) is 2.88. The van der Waals surface area contributed by atoms with Gasteiger partial charge in [-0.1, -0.05) is 30.7 Å². The highest BCUT2D eigenvalue weighted by Gasteiger charge is 2.19. The number of benzene rings is 1. The standard InChI is InChI=1S/C16H20N2S/c1-11-10-19-16(18-11)9-15(17)14-7-5-13(6-8-14)12-3-2-4-12/h5-8,10,12,15H,2-4,9,17H2,1H3. The number of thiazole rings is 1. The van der Waals surface area contributed by atoms with Gasteiger partial charge < -0.3 is 5.73 Å². The van der Waals surface area contributed by atoms with Crippen molar-refractivity contribution >= 4 is 11.3 Å². The predicted octanol–water partition coefficient (Wildman–Crippen LogP) is 3.96. The minimum Gasteiger partial charge on any atom is -0.324 e. The fourth-order valence-electron chi connectivity index (χ4n) is 2.56. The van der Waals surface area contributed by atoms with Crippen molar-refractivity contribution in [3.63, 3.8) is 0 Å². The van der Waals surface area contributed by atoms with Crippen molar-refractivity contribution in [1.29, 1.82) is 0 Å². The molecule has 2 nitrogen and oxygen atoms in total. The summed E-state index contributed by atoms with van der Waals surface area (Å²) < 4.78 is 0. The van der Waals surface area contributed by atoms with Crippen molar-refractivity contribution in [3.05, 3.63) is 51.5 Å². The second kappa shape index (κ2) is 5.43. The molecule has 0 aliphatic heterocycles. The number of hydrogen-bond acceptors (Lipinski definition) is 3. The van der Waals surface area contributed by atoms with Crippen LogP contribution in [0.5, 0.6) is 0 Å².